The minimum absolute atomic E-state index is 0.357. The van der Waals surface area contributed by atoms with Gasteiger partial charge in [0.15, 0.2) is 0 Å². The summed E-state index contributed by atoms with van der Waals surface area (Å²) in [4.78, 5) is 22.7. The minimum atomic E-state index is -0.532. The quantitative estimate of drug-likeness (QED) is 0.867. The number of ether oxygens (including phenoxy) is 2. The van der Waals surface area contributed by atoms with Crippen LogP contribution in [0.1, 0.15) is 32.0 Å². The second-order valence-corrected chi connectivity index (χ2v) is 7.44. The molecule has 8 heteroatoms. The molecule has 0 saturated heterocycles. The number of anilines is 2. The molecule has 138 valence electrons. The minimum Gasteiger partial charge on any atom is -0.497 e. The zero-order valence-corrected chi connectivity index (χ0v) is 15.9. The SMILES string of the molecule is COc1cc(Cl)cc(Nc2ncc3c(n2)CN(C(=O)OC(C)(C)C)C3)c1. The van der Waals surface area contributed by atoms with Gasteiger partial charge >= 0.3 is 6.09 Å². The summed E-state index contributed by atoms with van der Waals surface area (Å²) < 4.78 is 10.6. The highest BCUT2D eigenvalue weighted by Gasteiger charge is 2.29. The van der Waals surface area contributed by atoms with E-state index in [1.807, 2.05) is 20.8 Å². The highest BCUT2D eigenvalue weighted by Crippen LogP contribution is 2.27. The van der Waals surface area contributed by atoms with E-state index in [-0.39, 0.29) is 6.09 Å². The number of carbonyl (C=O) groups excluding carboxylic acids is 1. The number of halogens is 1. The van der Waals surface area contributed by atoms with Crippen LogP contribution in [0.5, 0.6) is 5.75 Å². The second-order valence-electron chi connectivity index (χ2n) is 7.01. The monoisotopic (exact) mass is 376 g/mol. The molecule has 2 heterocycles. The van der Waals surface area contributed by atoms with Gasteiger partial charge in [0.2, 0.25) is 5.95 Å². The maximum Gasteiger partial charge on any atom is 0.410 e. The Morgan fingerprint density at radius 3 is 2.73 bits per heavy atom. The fourth-order valence-corrected chi connectivity index (χ4v) is 2.78. The number of nitrogens with zero attached hydrogens (tertiary/aromatic N) is 3. The Morgan fingerprint density at radius 1 is 1.27 bits per heavy atom. The lowest BCUT2D eigenvalue weighted by Gasteiger charge is -2.23. The Balaban J connectivity index is 1.73. The van der Waals surface area contributed by atoms with Gasteiger partial charge in [0.05, 0.1) is 25.9 Å². The molecule has 0 fully saturated rings. The molecule has 2 aromatic rings. The third kappa shape index (κ3) is 4.35. The predicted molar refractivity (Wildman–Crippen MR) is 98.8 cm³/mol. The number of methoxy groups -OCH3 is 1. The summed E-state index contributed by atoms with van der Waals surface area (Å²) in [5.41, 5.74) is 1.89. The van der Waals surface area contributed by atoms with Crippen molar-refractivity contribution in [3.05, 3.63) is 40.7 Å². The van der Waals surface area contributed by atoms with Crippen molar-refractivity contribution in [1.82, 2.24) is 14.9 Å². The summed E-state index contributed by atoms with van der Waals surface area (Å²) in [6.45, 7) is 6.36. The number of hydrogen-bond donors (Lipinski definition) is 1. The lowest BCUT2D eigenvalue weighted by atomic mass is 10.2. The van der Waals surface area contributed by atoms with E-state index < -0.39 is 5.60 Å². The molecule has 1 aliphatic heterocycles. The molecule has 1 aromatic heterocycles. The first-order valence-electron chi connectivity index (χ1n) is 8.18. The number of aromatic nitrogens is 2. The summed E-state index contributed by atoms with van der Waals surface area (Å²) in [5.74, 6) is 1.07. The van der Waals surface area contributed by atoms with Gasteiger partial charge in [-0.2, -0.15) is 0 Å². The largest absolute Gasteiger partial charge is 0.497 e. The number of nitrogens with one attached hydrogen (secondary N) is 1. The highest BCUT2D eigenvalue weighted by atomic mass is 35.5. The average molecular weight is 377 g/mol. The molecule has 1 amide bonds. The van der Waals surface area contributed by atoms with Gasteiger partial charge in [-0.1, -0.05) is 11.6 Å². The number of carbonyl (C=O) groups is 1. The van der Waals surface area contributed by atoms with Gasteiger partial charge in [-0.15, -0.1) is 0 Å². The van der Waals surface area contributed by atoms with Gasteiger partial charge in [0.1, 0.15) is 11.4 Å². The van der Waals surface area contributed by atoms with Gasteiger partial charge in [-0.25, -0.2) is 14.8 Å². The summed E-state index contributed by atoms with van der Waals surface area (Å²) in [7, 11) is 1.58. The normalized spacial score (nSPS) is 13.3. The van der Waals surface area contributed by atoms with Crippen LogP contribution in [-0.2, 0) is 17.8 Å². The lowest BCUT2D eigenvalue weighted by molar-refractivity contribution is 0.0240. The zero-order valence-electron chi connectivity index (χ0n) is 15.2. The molecule has 1 aromatic carbocycles. The van der Waals surface area contributed by atoms with Crippen molar-refractivity contribution in [2.45, 2.75) is 39.5 Å². The van der Waals surface area contributed by atoms with Crippen molar-refractivity contribution in [2.24, 2.45) is 0 Å². The number of rotatable bonds is 3. The second kappa shape index (κ2) is 6.99. The lowest BCUT2D eigenvalue weighted by Crippen LogP contribution is -2.33. The van der Waals surface area contributed by atoms with Crippen molar-refractivity contribution in [2.75, 3.05) is 12.4 Å². The number of amides is 1. The van der Waals surface area contributed by atoms with Crippen LogP contribution in [0.15, 0.2) is 24.4 Å². The molecule has 7 nitrogen and oxygen atoms in total. The van der Waals surface area contributed by atoms with Crippen LogP contribution >= 0.6 is 11.6 Å². The van der Waals surface area contributed by atoms with Crippen LogP contribution in [0.2, 0.25) is 5.02 Å². The average Bonchev–Trinajstić information content (AvgIpc) is 2.96. The maximum absolute atomic E-state index is 12.2. The first-order chi connectivity index (χ1) is 12.2. The molecule has 0 atom stereocenters. The molecule has 26 heavy (non-hydrogen) atoms. The molecule has 3 rings (SSSR count). The molecule has 1 aliphatic rings. The molecule has 0 unspecified atom stereocenters. The van der Waals surface area contributed by atoms with E-state index in [1.54, 1.807) is 36.4 Å². The van der Waals surface area contributed by atoms with Crippen molar-refractivity contribution < 1.29 is 14.3 Å². The molecule has 0 spiro atoms. The van der Waals surface area contributed by atoms with E-state index in [1.165, 1.54) is 0 Å². The summed E-state index contributed by atoms with van der Waals surface area (Å²) in [6, 6.07) is 5.28. The number of hydrogen-bond acceptors (Lipinski definition) is 6. The van der Waals surface area contributed by atoms with E-state index in [9.17, 15) is 4.79 Å². The van der Waals surface area contributed by atoms with Crippen LogP contribution in [0.25, 0.3) is 0 Å². The van der Waals surface area contributed by atoms with E-state index in [4.69, 9.17) is 21.1 Å². The van der Waals surface area contributed by atoms with Gasteiger partial charge in [0.25, 0.3) is 0 Å². The smallest absolute Gasteiger partial charge is 0.410 e. The van der Waals surface area contributed by atoms with Gasteiger partial charge in [-0.05, 0) is 32.9 Å². The van der Waals surface area contributed by atoms with Gasteiger partial charge in [-0.3, -0.25) is 4.90 Å². The van der Waals surface area contributed by atoms with E-state index >= 15 is 0 Å². The Labute approximate surface area is 157 Å². The van der Waals surface area contributed by atoms with Crippen LogP contribution in [-0.4, -0.2) is 33.7 Å². The predicted octanol–water partition coefficient (Wildman–Crippen LogP) is 4.13. The number of benzene rings is 1. The van der Waals surface area contributed by atoms with E-state index in [0.717, 1.165) is 16.9 Å². The summed E-state index contributed by atoms with van der Waals surface area (Å²) in [6.07, 6.45) is 1.36. The van der Waals surface area contributed by atoms with Crippen LogP contribution in [0.3, 0.4) is 0 Å². The van der Waals surface area contributed by atoms with E-state index in [2.05, 4.69) is 15.3 Å². The Morgan fingerprint density at radius 2 is 2.04 bits per heavy atom. The molecule has 0 radical (unpaired) electrons. The van der Waals surface area contributed by atoms with Crippen molar-refractivity contribution in [3.63, 3.8) is 0 Å². The molecule has 1 N–H and O–H groups in total. The fraction of sp³-hybridized carbons (Fsp3) is 0.389. The molecule has 0 aliphatic carbocycles. The maximum atomic E-state index is 12.2. The van der Waals surface area contributed by atoms with Gasteiger partial charge in [0, 0.05) is 28.5 Å². The van der Waals surface area contributed by atoms with Gasteiger partial charge < -0.3 is 14.8 Å². The van der Waals surface area contributed by atoms with E-state index in [0.29, 0.717) is 29.8 Å². The summed E-state index contributed by atoms with van der Waals surface area (Å²) in [5, 5.41) is 3.66. The van der Waals surface area contributed by atoms with Crippen LogP contribution in [0.4, 0.5) is 16.4 Å². The Hall–Kier alpha value is -2.54. The fourth-order valence-electron chi connectivity index (χ4n) is 2.55. The first kappa shape index (κ1) is 18.3. The highest BCUT2D eigenvalue weighted by molar-refractivity contribution is 6.31. The zero-order chi connectivity index (χ0) is 18.9. The van der Waals surface area contributed by atoms with Crippen molar-refractivity contribution >= 4 is 29.3 Å². The summed E-state index contributed by atoms with van der Waals surface area (Å²) >= 11 is 6.08. The third-order valence-corrected chi connectivity index (χ3v) is 3.89. The Bertz CT molecular complexity index is 836. The molecule has 0 bridgehead atoms. The van der Waals surface area contributed by atoms with Crippen LogP contribution < -0.4 is 10.1 Å². The molecular formula is C18H21ClN4O3. The molecule has 0 saturated carbocycles. The Kier molecular flexibility index (Phi) is 4.91. The first-order valence-corrected chi connectivity index (χ1v) is 8.55. The standard InChI is InChI=1S/C18H21ClN4O3/c1-18(2,3)26-17(24)23-9-11-8-20-16(22-15(11)10-23)21-13-5-12(19)6-14(7-13)25-4/h5-8H,9-10H2,1-4H3,(H,20,21,22). The van der Waals surface area contributed by atoms with Crippen molar-refractivity contribution in [3.8, 4) is 5.75 Å². The number of fused-ring (bicyclic) bond motifs is 1. The molecular weight excluding hydrogens is 356 g/mol. The van der Waals surface area contributed by atoms with Crippen molar-refractivity contribution in [1.29, 1.82) is 0 Å². The third-order valence-electron chi connectivity index (χ3n) is 3.67. The van der Waals surface area contributed by atoms with Crippen LogP contribution in [0, 0.1) is 0 Å². The topological polar surface area (TPSA) is 76.6 Å².